The van der Waals surface area contributed by atoms with Crippen LogP contribution in [-0.2, 0) is 4.79 Å². The SMILES string of the molecule is CCN(CC)C(=O)C(C)N1CCCN(CCN)CC1. The second-order valence-corrected chi connectivity index (χ2v) is 5.21. The third-order valence-corrected chi connectivity index (χ3v) is 4.05. The molecule has 1 aliphatic rings. The van der Waals surface area contributed by atoms with Crippen LogP contribution >= 0.6 is 0 Å². The second kappa shape index (κ2) is 8.51. The summed E-state index contributed by atoms with van der Waals surface area (Å²) in [5, 5.41) is 0. The Bertz CT molecular complexity index is 268. The lowest BCUT2D eigenvalue weighted by Gasteiger charge is -2.31. The average molecular weight is 270 g/mol. The predicted octanol–water partition coefficient (Wildman–Crippen LogP) is 0.210. The first kappa shape index (κ1) is 16.4. The summed E-state index contributed by atoms with van der Waals surface area (Å²) in [4.78, 5) is 19.0. The molecule has 1 rings (SSSR count). The minimum Gasteiger partial charge on any atom is -0.342 e. The molecule has 1 atom stereocenters. The quantitative estimate of drug-likeness (QED) is 0.750. The van der Waals surface area contributed by atoms with Crippen LogP contribution in [0.15, 0.2) is 0 Å². The molecular weight excluding hydrogens is 240 g/mol. The molecule has 19 heavy (non-hydrogen) atoms. The van der Waals surface area contributed by atoms with Crippen molar-refractivity contribution in [3.05, 3.63) is 0 Å². The Morgan fingerprint density at radius 3 is 2.47 bits per heavy atom. The molecule has 1 heterocycles. The molecule has 5 heteroatoms. The van der Waals surface area contributed by atoms with Crippen LogP contribution in [0.25, 0.3) is 0 Å². The topological polar surface area (TPSA) is 52.8 Å². The third kappa shape index (κ3) is 4.75. The van der Waals surface area contributed by atoms with E-state index in [1.807, 2.05) is 25.7 Å². The van der Waals surface area contributed by atoms with Crippen molar-refractivity contribution in [3.63, 3.8) is 0 Å². The van der Waals surface area contributed by atoms with E-state index in [1.165, 1.54) is 0 Å². The van der Waals surface area contributed by atoms with Gasteiger partial charge >= 0.3 is 0 Å². The van der Waals surface area contributed by atoms with Gasteiger partial charge in [0.05, 0.1) is 6.04 Å². The molecule has 2 N–H and O–H groups in total. The van der Waals surface area contributed by atoms with Crippen molar-refractivity contribution in [1.82, 2.24) is 14.7 Å². The van der Waals surface area contributed by atoms with E-state index < -0.39 is 0 Å². The van der Waals surface area contributed by atoms with Crippen molar-refractivity contribution in [2.24, 2.45) is 5.73 Å². The zero-order chi connectivity index (χ0) is 14.3. The fraction of sp³-hybridized carbons (Fsp3) is 0.929. The molecule has 0 saturated carbocycles. The zero-order valence-corrected chi connectivity index (χ0v) is 12.8. The van der Waals surface area contributed by atoms with Crippen LogP contribution in [0.2, 0.25) is 0 Å². The molecule has 1 unspecified atom stereocenters. The summed E-state index contributed by atoms with van der Waals surface area (Å²) in [5.74, 6) is 0.261. The Hall–Kier alpha value is -0.650. The normalized spacial score (nSPS) is 20.0. The highest BCUT2D eigenvalue weighted by Gasteiger charge is 2.26. The van der Waals surface area contributed by atoms with Gasteiger partial charge < -0.3 is 15.5 Å². The lowest BCUT2D eigenvalue weighted by Crippen LogP contribution is -2.48. The summed E-state index contributed by atoms with van der Waals surface area (Å²) in [6.07, 6.45) is 1.12. The number of nitrogens with two attached hydrogens (primary N) is 1. The Morgan fingerprint density at radius 1 is 1.21 bits per heavy atom. The van der Waals surface area contributed by atoms with Gasteiger partial charge in [-0.15, -0.1) is 0 Å². The van der Waals surface area contributed by atoms with Gasteiger partial charge in [-0.2, -0.15) is 0 Å². The van der Waals surface area contributed by atoms with Gasteiger partial charge in [0.15, 0.2) is 0 Å². The van der Waals surface area contributed by atoms with E-state index in [0.29, 0.717) is 6.54 Å². The van der Waals surface area contributed by atoms with E-state index in [9.17, 15) is 4.79 Å². The molecule has 1 aliphatic heterocycles. The summed E-state index contributed by atoms with van der Waals surface area (Å²) < 4.78 is 0. The lowest BCUT2D eigenvalue weighted by molar-refractivity contribution is -0.136. The molecule has 0 aromatic carbocycles. The molecule has 0 spiro atoms. The highest BCUT2D eigenvalue weighted by molar-refractivity contribution is 5.81. The van der Waals surface area contributed by atoms with Gasteiger partial charge in [0, 0.05) is 45.8 Å². The Balaban J connectivity index is 2.52. The van der Waals surface area contributed by atoms with E-state index in [2.05, 4.69) is 9.80 Å². The summed E-state index contributed by atoms with van der Waals surface area (Å²) in [7, 11) is 0. The molecule has 0 aromatic heterocycles. The van der Waals surface area contributed by atoms with Crippen LogP contribution < -0.4 is 5.73 Å². The molecule has 0 bridgehead atoms. The second-order valence-electron chi connectivity index (χ2n) is 5.21. The number of rotatable bonds is 6. The van der Waals surface area contributed by atoms with E-state index in [-0.39, 0.29) is 11.9 Å². The van der Waals surface area contributed by atoms with E-state index in [1.54, 1.807) is 0 Å². The number of amides is 1. The minimum absolute atomic E-state index is 0.00211. The van der Waals surface area contributed by atoms with Crippen molar-refractivity contribution >= 4 is 5.91 Å². The predicted molar refractivity (Wildman–Crippen MR) is 79.1 cm³/mol. The first-order valence-corrected chi connectivity index (χ1v) is 7.59. The van der Waals surface area contributed by atoms with Crippen LogP contribution in [0.3, 0.4) is 0 Å². The lowest BCUT2D eigenvalue weighted by atomic mass is 10.2. The van der Waals surface area contributed by atoms with Crippen molar-refractivity contribution in [2.45, 2.75) is 33.2 Å². The summed E-state index contributed by atoms with van der Waals surface area (Å²) in [6, 6.07) is -0.00211. The number of likely N-dealkylation sites (N-methyl/N-ethyl adjacent to an activating group) is 1. The van der Waals surface area contributed by atoms with Gasteiger partial charge in [0.1, 0.15) is 0 Å². The summed E-state index contributed by atoms with van der Waals surface area (Å²) in [6.45, 7) is 13.5. The molecule has 112 valence electrons. The maximum Gasteiger partial charge on any atom is 0.239 e. The van der Waals surface area contributed by atoms with Gasteiger partial charge in [-0.05, 0) is 33.7 Å². The average Bonchev–Trinajstić information content (AvgIpc) is 2.65. The third-order valence-electron chi connectivity index (χ3n) is 4.05. The number of nitrogens with zero attached hydrogens (tertiary/aromatic N) is 3. The Labute approximate surface area is 117 Å². The van der Waals surface area contributed by atoms with Gasteiger partial charge in [-0.1, -0.05) is 0 Å². The molecule has 1 saturated heterocycles. The largest absolute Gasteiger partial charge is 0.342 e. The Morgan fingerprint density at radius 2 is 1.89 bits per heavy atom. The highest BCUT2D eigenvalue weighted by Crippen LogP contribution is 2.09. The monoisotopic (exact) mass is 270 g/mol. The van der Waals surface area contributed by atoms with Gasteiger partial charge in [-0.3, -0.25) is 9.69 Å². The smallest absolute Gasteiger partial charge is 0.239 e. The number of carbonyl (C=O) groups excluding carboxylic acids is 1. The maximum atomic E-state index is 12.4. The first-order chi connectivity index (χ1) is 9.13. The number of hydrogen-bond acceptors (Lipinski definition) is 4. The molecule has 0 aliphatic carbocycles. The molecule has 5 nitrogen and oxygen atoms in total. The standard InChI is InChI=1S/C14H30N4O/c1-4-17(5-2)14(19)13(3)18-9-6-8-16(10-7-15)11-12-18/h13H,4-12,15H2,1-3H3. The van der Waals surface area contributed by atoms with Gasteiger partial charge in [0.2, 0.25) is 5.91 Å². The molecule has 1 amide bonds. The summed E-state index contributed by atoms with van der Waals surface area (Å²) in [5.41, 5.74) is 5.61. The minimum atomic E-state index is -0.00211. The summed E-state index contributed by atoms with van der Waals surface area (Å²) >= 11 is 0. The first-order valence-electron chi connectivity index (χ1n) is 7.59. The van der Waals surface area contributed by atoms with Crippen LogP contribution in [0.5, 0.6) is 0 Å². The Kier molecular flexibility index (Phi) is 7.34. The molecular formula is C14H30N4O. The van der Waals surface area contributed by atoms with E-state index in [0.717, 1.165) is 52.2 Å². The molecule has 1 fully saturated rings. The fourth-order valence-corrected chi connectivity index (χ4v) is 2.74. The number of hydrogen-bond donors (Lipinski definition) is 1. The van der Waals surface area contributed by atoms with Crippen molar-refractivity contribution < 1.29 is 4.79 Å². The molecule has 0 radical (unpaired) electrons. The highest BCUT2D eigenvalue weighted by atomic mass is 16.2. The maximum absolute atomic E-state index is 12.4. The van der Waals surface area contributed by atoms with Gasteiger partial charge in [0.25, 0.3) is 0 Å². The van der Waals surface area contributed by atoms with Crippen LogP contribution in [0, 0.1) is 0 Å². The van der Waals surface area contributed by atoms with Crippen LogP contribution in [0.1, 0.15) is 27.2 Å². The van der Waals surface area contributed by atoms with Crippen LogP contribution in [0.4, 0.5) is 0 Å². The van der Waals surface area contributed by atoms with Gasteiger partial charge in [-0.25, -0.2) is 0 Å². The van der Waals surface area contributed by atoms with E-state index >= 15 is 0 Å². The fourth-order valence-electron chi connectivity index (χ4n) is 2.74. The van der Waals surface area contributed by atoms with Crippen molar-refractivity contribution in [1.29, 1.82) is 0 Å². The van der Waals surface area contributed by atoms with Crippen molar-refractivity contribution in [3.8, 4) is 0 Å². The van der Waals surface area contributed by atoms with Crippen LogP contribution in [-0.4, -0.2) is 79.0 Å². The number of carbonyl (C=O) groups is 1. The molecule has 0 aromatic rings. The van der Waals surface area contributed by atoms with Crippen molar-refractivity contribution in [2.75, 3.05) is 52.4 Å². The van der Waals surface area contributed by atoms with E-state index in [4.69, 9.17) is 5.73 Å². The zero-order valence-electron chi connectivity index (χ0n) is 12.8.